The Morgan fingerprint density at radius 1 is 0.973 bits per heavy atom. The van der Waals surface area contributed by atoms with Crippen molar-refractivity contribution in [1.29, 1.82) is 0 Å². The van der Waals surface area contributed by atoms with Gasteiger partial charge in [-0.25, -0.2) is 0 Å². The van der Waals surface area contributed by atoms with Crippen LogP contribution in [0.25, 0.3) is 5.76 Å². The highest BCUT2D eigenvalue weighted by Gasteiger charge is 2.46. The second-order valence-corrected chi connectivity index (χ2v) is 9.32. The quantitative estimate of drug-likeness (QED) is 0.264. The molecule has 7 heteroatoms. The fourth-order valence-electron chi connectivity index (χ4n) is 4.45. The Bertz CT molecular complexity index is 1320. The van der Waals surface area contributed by atoms with Crippen molar-refractivity contribution in [3.63, 3.8) is 0 Å². The molecular formula is C30H32N2O5. The smallest absolute Gasteiger partial charge is 0.295 e. The van der Waals surface area contributed by atoms with E-state index in [-0.39, 0.29) is 11.3 Å². The van der Waals surface area contributed by atoms with E-state index in [1.807, 2.05) is 80.5 Å². The Morgan fingerprint density at radius 3 is 2.41 bits per heavy atom. The lowest BCUT2D eigenvalue weighted by molar-refractivity contribution is -0.140. The summed E-state index contributed by atoms with van der Waals surface area (Å²) in [5, 5.41) is 11.4. The zero-order valence-corrected chi connectivity index (χ0v) is 21.6. The number of benzene rings is 3. The molecule has 37 heavy (non-hydrogen) atoms. The predicted octanol–water partition coefficient (Wildman–Crippen LogP) is 4.57. The standard InChI is InChI=1S/C30H32N2O5/c1-20-17-23(36-4)13-14-25(20)28(33)26-27(32(16-15-31(2)3)30(35)29(26)34)22-11-8-12-24(18-22)37-19-21-9-6-5-7-10-21/h5-14,17-18,27,33H,15-16,19H2,1-4H3/b28-26+. The molecule has 1 aliphatic rings. The van der Waals surface area contributed by atoms with Crippen LogP contribution < -0.4 is 9.47 Å². The summed E-state index contributed by atoms with van der Waals surface area (Å²) in [6.45, 7) is 3.11. The van der Waals surface area contributed by atoms with Crippen molar-refractivity contribution < 1.29 is 24.2 Å². The van der Waals surface area contributed by atoms with Gasteiger partial charge in [0.1, 0.15) is 23.9 Å². The molecule has 0 aliphatic carbocycles. The Kier molecular flexibility index (Phi) is 7.94. The number of likely N-dealkylation sites (tertiary alicyclic amines) is 1. The molecule has 0 bridgehead atoms. The molecule has 1 fully saturated rings. The number of rotatable bonds is 9. The van der Waals surface area contributed by atoms with Crippen molar-refractivity contribution in [3.8, 4) is 11.5 Å². The van der Waals surface area contributed by atoms with Gasteiger partial charge in [-0.15, -0.1) is 0 Å². The fraction of sp³-hybridized carbons (Fsp3) is 0.267. The van der Waals surface area contributed by atoms with E-state index >= 15 is 0 Å². The Balaban J connectivity index is 1.76. The lowest BCUT2D eigenvalue weighted by Gasteiger charge is -2.27. The number of ketones is 1. The fourth-order valence-corrected chi connectivity index (χ4v) is 4.45. The number of methoxy groups -OCH3 is 1. The topological polar surface area (TPSA) is 79.3 Å². The first-order valence-corrected chi connectivity index (χ1v) is 12.1. The number of carbonyl (C=O) groups is 2. The van der Waals surface area contributed by atoms with Gasteiger partial charge in [-0.2, -0.15) is 0 Å². The zero-order chi connectivity index (χ0) is 26.5. The molecule has 0 spiro atoms. The van der Waals surface area contributed by atoms with Gasteiger partial charge in [0.05, 0.1) is 18.7 Å². The summed E-state index contributed by atoms with van der Waals surface area (Å²) >= 11 is 0. The third kappa shape index (κ3) is 5.67. The molecule has 1 atom stereocenters. The van der Waals surface area contributed by atoms with Gasteiger partial charge in [0.15, 0.2) is 0 Å². The molecule has 192 valence electrons. The second kappa shape index (κ2) is 11.3. The highest BCUT2D eigenvalue weighted by atomic mass is 16.5. The van der Waals surface area contributed by atoms with Crippen molar-refractivity contribution in [2.45, 2.75) is 19.6 Å². The second-order valence-electron chi connectivity index (χ2n) is 9.32. The lowest BCUT2D eigenvalue weighted by Crippen LogP contribution is -2.35. The van der Waals surface area contributed by atoms with Crippen LogP contribution in [0.1, 0.15) is 28.3 Å². The van der Waals surface area contributed by atoms with Gasteiger partial charge in [-0.05, 0) is 68.0 Å². The molecule has 3 aromatic carbocycles. The number of aryl methyl sites for hydroxylation is 1. The SMILES string of the molecule is COc1ccc(/C(O)=C2\C(=O)C(=O)N(CCN(C)C)C2c2cccc(OCc3ccccc3)c2)c(C)c1. The van der Waals surface area contributed by atoms with Crippen LogP contribution in [0.2, 0.25) is 0 Å². The van der Waals surface area contributed by atoms with Crippen LogP contribution in [0.4, 0.5) is 0 Å². The molecule has 0 saturated carbocycles. The van der Waals surface area contributed by atoms with E-state index in [1.54, 1.807) is 25.3 Å². The Morgan fingerprint density at radius 2 is 1.73 bits per heavy atom. The molecular weight excluding hydrogens is 468 g/mol. The van der Waals surface area contributed by atoms with Crippen molar-refractivity contribution in [1.82, 2.24) is 9.80 Å². The summed E-state index contributed by atoms with van der Waals surface area (Å²) in [4.78, 5) is 30.0. The molecule has 3 aromatic rings. The predicted molar refractivity (Wildman–Crippen MR) is 143 cm³/mol. The van der Waals surface area contributed by atoms with Crippen molar-refractivity contribution >= 4 is 17.4 Å². The number of likely N-dealkylation sites (N-methyl/N-ethyl adjacent to an activating group) is 1. The van der Waals surface area contributed by atoms with Crippen LogP contribution >= 0.6 is 0 Å². The molecule has 1 N–H and O–H groups in total. The van der Waals surface area contributed by atoms with E-state index in [0.717, 1.165) is 11.1 Å². The van der Waals surface area contributed by atoms with Crippen LogP contribution in [-0.2, 0) is 16.2 Å². The van der Waals surface area contributed by atoms with Gasteiger partial charge in [0.2, 0.25) is 0 Å². The number of ether oxygens (including phenoxy) is 2. The van der Waals surface area contributed by atoms with E-state index in [9.17, 15) is 14.7 Å². The molecule has 4 rings (SSSR count). The summed E-state index contributed by atoms with van der Waals surface area (Å²) < 4.78 is 11.3. The first-order chi connectivity index (χ1) is 17.8. The molecule has 1 aliphatic heterocycles. The van der Waals surface area contributed by atoms with E-state index in [2.05, 4.69) is 0 Å². The molecule has 1 amide bonds. The van der Waals surface area contributed by atoms with Gasteiger partial charge < -0.3 is 24.4 Å². The Labute approximate surface area is 217 Å². The number of aliphatic hydroxyl groups excluding tert-OH is 1. The number of carbonyl (C=O) groups excluding carboxylic acids is 2. The number of Topliss-reactive ketones (excluding diaryl/α,β-unsaturated/α-hetero) is 1. The number of hydrogen-bond acceptors (Lipinski definition) is 6. The highest BCUT2D eigenvalue weighted by Crippen LogP contribution is 2.41. The lowest BCUT2D eigenvalue weighted by atomic mass is 9.93. The summed E-state index contributed by atoms with van der Waals surface area (Å²) in [5.74, 6) is -0.283. The van der Waals surface area contributed by atoms with Crippen molar-refractivity contribution in [2.24, 2.45) is 0 Å². The van der Waals surface area contributed by atoms with Crippen LogP contribution in [-0.4, -0.2) is 60.9 Å². The minimum Gasteiger partial charge on any atom is -0.507 e. The minimum absolute atomic E-state index is 0.0669. The van der Waals surface area contributed by atoms with Crippen molar-refractivity contribution in [3.05, 3.63) is 101 Å². The van der Waals surface area contributed by atoms with Gasteiger partial charge in [-0.1, -0.05) is 42.5 Å². The van der Waals surface area contributed by atoms with Crippen LogP contribution in [0.3, 0.4) is 0 Å². The van der Waals surface area contributed by atoms with Crippen LogP contribution in [0.5, 0.6) is 11.5 Å². The van der Waals surface area contributed by atoms with Gasteiger partial charge in [-0.3, -0.25) is 9.59 Å². The molecule has 0 radical (unpaired) electrons. The van der Waals surface area contributed by atoms with Gasteiger partial charge in [0, 0.05) is 18.7 Å². The molecule has 0 aromatic heterocycles. The molecule has 1 saturated heterocycles. The maximum Gasteiger partial charge on any atom is 0.295 e. The van der Waals surface area contributed by atoms with E-state index in [1.165, 1.54) is 4.90 Å². The van der Waals surface area contributed by atoms with Gasteiger partial charge in [0.25, 0.3) is 11.7 Å². The van der Waals surface area contributed by atoms with E-state index < -0.39 is 17.7 Å². The molecule has 7 nitrogen and oxygen atoms in total. The first kappa shape index (κ1) is 26.0. The van der Waals surface area contributed by atoms with Crippen molar-refractivity contribution in [2.75, 3.05) is 34.3 Å². The maximum absolute atomic E-state index is 13.3. The Hall–Kier alpha value is -4.10. The number of nitrogens with zero attached hydrogens (tertiary/aromatic N) is 2. The minimum atomic E-state index is -0.748. The third-order valence-corrected chi connectivity index (χ3v) is 6.44. The maximum atomic E-state index is 13.3. The number of aliphatic hydroxyl groups is 1. The summed E-state index contributed by atoms with van der Waals surface area (Å²) in [6.07, 6.45) is 0. The van der Waals surface area contributed by atoms with Gasteiger partial charge >= 0.3 is 0 Å². The molecule has 1 unspecified atom stereocenters. The van der Waals surface area contributed by atoms with Crippen LogP contribution in [0, 0.1) is 6.92 Å². The number of hydrogen-bond donors (Lipinski definition) is 1. The summed E-state index contributed by atoms with van der Waals surface area (Å²) in [6, 6.07) is 21.6. The average molecular weight is 501 g/mol. The zero-order valence-electron chi connectivity index (χ0n) is 21.6. The average Bonchev–Trinajstić information content (AvgIpc) is 3.16. The van der Waals surface area contributed by atoms with Crippen LogP contribution in [0.15, 0.2) is 78.4 Å². The van der Waals surface area contributed by atoms with E-state index in [4.69, 9.17) is 9.47 Å². The largest absolute Gasteiger partial charge is 0.507 e. The number of amides is 1. The first-order valence-electron chi connectivity index (χ1n) is 12.1. The summed E-state index contributed by atoms with van der Waals surface area (Å²) in [7, 11) is 5.38. The van der Waals surface area contributed by atoms with E-state index in [0.29, 0.717) is 42.3 Å². The highest BCUT2D eigenvalue weighted by molar-refractivity contribution is 6.46. The monoisotopic (exact) mass is 500 g/mol. The third-order valence-electron chi connectivity index (χ3n) is 6.44. The summed E-state index contributed by atoms with van der Waals surface area (Å²) in [5.41, 5.74) is 3.00. The normalized spacial score (nSPS) is 16.9. The molecule has 1 heterocycles.